The molecule has 2 amide bonds. The van der Waals surface area contributed by atoms with Gasteiger partial charge in [-0.3, -0.25) is 9.59 Å². The second-order valence-corrected chi connectivity index (χ2v) is 6.90. The Morgan fingerprint density at radius 1 is 0.667 bits per heavy atom. The van der Waals surface area contributed by atoms with Crippen molar-refractivity contribution in [3.05, 3.63) is 71.8 Å². The summed E-state index contributed by atoms with van der Waals surface area (Å²) in [6.45, 7) is 3.55. The minimum atomic E-state index is -0.936. The van der Waals surface area contributed by atoms with Crippen LogP contribution in [0.3, 0.4) is 0 Å². The molecule has 2 aromatic rings. The van der Waals surface area contributed by atoms with Gasteiger partial charge in [0.05, 0.1) is 0 Å². The maximum atomic E-state index is 12.7. The number of hydrogen-bond acceptors (Lipinski definition) is 2. The van der Waals surface area contributed by atoms with E-state index >= 15 is 0 Å². The first-order valence-corrected chi connectivity index (χ1v) is 8.14. The van der Waals surface area contributed by atoms with E-state index in [1.54, 1.807) is 13.8 Å². The number of hydrogen-bond donors (Lipinski definition) is 2. The molecule has 0 saturated carbocycles. The van der Waals surface area contributed by atoms with E-state index in [0.29, 0.717) is 12.8 Å². The molecular formula is C20H22N2O2. The predicted molar refractivity (Wildman–Crippen MR) is 93.4 cm³/mol. The number of rotatable bonds is 4. The summed E-state index contributed by atoms with van der Waals surface area (Å²) in [6, 6.07) is 19.4. The Kier molecular flexibility index (Phi) is 4.14. The maximum absolute atomic E-state index is 12.7. The van der Waals surface area contributed by atoms with Crippen LogP contribution >= 0.6 is 0 Å². The highest BCUT2D eigenvalue weighted by Gasteiger charge is 2.48. The van der Waals surface area contributed by atoms with E-state index in [0.717, 1.165) is 11.1 Å². The summed E-state index contributed by atoms with van der Waals surface area (Å²) in [6.07, 6.45) is 0.930. The Labute approximate surface area is 142 Å². The highest BCUT2D eigenvalue weighted by atomic mass is 16.2. The van der Waals surface area contributed by atoms with Crippen molar-refractivity contribution in [1.29, 1.82) is 0 Å². The van der Waals surface area contributed by atoms with Crippen LogP contribution in [-0.4, -0.2) is 22.9 Å². The van der Waals surface area contributed by atoms with Crippen molar-refractivity contribution in [2.45, 2.75) is 37.8 Å². The molecule has 0 aromatic heterocycles. The molecule has 24 heavy (non-hydrogen) atoms. The lowest BCUT2D eigenvalue weighted by molar-refractivity contribution is -0.145. The van der Waals surface area contributed by atoms with Crippen molar-refractivity contribution in [1.82, 2.24) is 10.6 Å². The number of nitrogens with one attached hydrogen (secondary N) is 2. The third kappa shape index (κ3) is 3.18. The number of amides is 2. The normalized spacial score (nSPS) is 26.6. The average molecular weight is 322 g/mol. The molecule has 2 atom stereocenters. The molecule has 1 aliphatic heterocycles. The summed E-state index contributed by atoms with van der Waals surface area (Å²) in [4.78, 5) is 25.5. The van der Waals surface area contributed by atoms with E-state index in [-0.39, 0.29) is 11.8 Å². The molecule has 4 heteroatoms. The lowest BCUT2D eigenvalue weighted by Gasteiger charge is -2.43. The molecule has 0 spiro atoms. The van der Waals surface area contributed by atoms with Gasteiger partial charge in [0.2, 0.25) is 11.8 Å². The first-order chi connectivity index (χ1) is 11.4. The van der Waals surface area contributed by atoms with Gasteiger partial charge in [-0.25, -0.2) is 0 Å². The van der Waals surface area contributed by atoms with Gasteiger partial charge >= 0.3 is 0 Å². The van der Waals surface area contributed by atoms with Crippen molar-refractivity contribution in [2.24, 2.45) is 0 Å². The Morgan fingerprint density at radius 2 is 1.00 bits per heavy atom. The molecule has 2 N–H and O–H groups in total. The summed E-state index contributed by atoms with van der Waals surface area (Å²) in [7, 11) is 0. The molecule has 124 valence electrons. The molecule has 0 bridgehead atoms. The van der Waals surface area contributed by atoms with Gasteiger partial charge in [0.25, 0.3) is 0 Å². The quantitative estimate of drug-likeness (QED) is 0.907. The summed E-state index contributed by atoms with van der Waals surface area (Å²) in [5, 5.41) is 5.90. The summed E-state index contributed by atoms with van der Waals surface area (Å²) in [5.41, 5.74) is 0.160. The Bertz CT molecular complexity index is 679. The summed E-state index contributed by atoms with van der Waals surface area (Å²) < 4.78 is 0. The fourth-order valence-corrected chi connectivity index (χ4v) is 3.15. The van der Waals surface area contributed by atoms with Crippen molar-refractivity contribution in [2.75, 3.05) is 0 Å². The molecule has 2 unspecified atom stereocenters. The highest BCUT2D eigenvalue weighted by molar-refractivity contribution is 6.02. The highest BCUT2D eigenvalue weighted by Crippen LogP contribution is 2.24. The number of carbonyl (C=O) groups is 2. The van der Waals surface area contributed by atoms with Crippen LogP contribution in [0.5, 0.6) is 0 Å². The molecule has 4 nitrogen and oxygen atoms in total. The Hall–Kier alpha value is -2.62. The van der Waals surface area contributed by atoms with Gasteiger partial charge < -0.3 is 10.6 Å². The van der Waals surface area contributed by atoms with E-state index in [4.69, 9.17) is 0 Å². The van der Waals surface area contributed by atoms with E-state index in [1.807, 2.05) is 60.7 Å². The fourth-order valence-electron chi connectivity index (χ4n) is 3.15. The van der Waals surface area contributed by atoms with Crippen molar-refractivity contribution in [3.8, 4) is 0 Å². The molecule has 1 fully saturated rings. The molecule has 1 heterocycles. The summed E-state index contributed by atoms with van der Waals surface area (Å²) in [5.74, 6) is -0.297. The maximum Gasteiger partial charge on any atom is 0.246 e. The number of benzene rings is 2. The van der Waals surface area contributed by atoms with Crippen LogP contribution in [0, 0.1) is 0 Å². The van der Waals surface area contributed by atoms with Crippen LogP contribution in [0.25, 0.3) is 0 Å². The van der Waals surface area contributed by atoms with Gasteiger partial charge in [-0.15, -0.1) is 0 Å². The van der Waals surface area contributed by atoms with Crippen LogP contribution < -0.4 is 10.6 Å². The minimum absolute atomic E-state index is 0.149. The monoisotopic (exact) mass is 322 g/mol. The van der Waals surface area contributed by atoms with Gasteiger partial charge in [0.1, 0.15) is 11.1 Å². The largest absolute Gasteiger partial charge is 0.340 e. The van der Waals surface area contributed by atoms with Crippen molar-refractivity contribution < 1.29 is 9.59 Å². The smallest absolute Gasteiger partial charge is 0.246 e. The standard InChI is InChI=1S/C20H22N2O2/c1-19(13-15-9-5-3-6-10-15)17(23)22-20(2,18(24)21-19)14-16-11-7-4-8-12-16/h3-12H,13-14H2,1-2H3,(H,21,24)(H,22,23). The van der Waals surface area contributed by atoms with E-state index in [9.17, 15) is 9.59 Å². The fraction of sp³-hybridized carbons (Fsp3) is 0.300. The van der Waals surface area contributed by atoms with Crippen molar-refractivity contribution in [3.63, 3.8) is 0 Å². The topological polar surface area (TPSA) is 58.2 Å². The molecule has 1 saturated heterocycles. The van der Waals surface area contributed by atoms with Gasteiger partial charge in [-0.1, -0.05) is 60.7 Å². The van der Waals surface area contributed by atoms with E-state index in [2.05, 4.69) is 10.6 Å². The first kappa shape index (κ1) is 16.2. The first-order valence-electron chi connectivity index (χ1n) is 8.14. The van der Waals surface area contributed by atoms with Crippen LogP contribution in [0.15, 0.2) is 60.7 Å². The Balaban J connectivity index is 1.78. The lowest BCUT2D eigenvalue weighted by atomic mass is 9.82. The van der Waals surface area contributed by atoms with Gasteiger partial charge in [-0.05, 0) is 25.0 Å². The molecule has 2 aromatic carbocycles. The zero-order valence-corrected chi connectivity index (χ0v) is 14.0. The lowest BCUT2D eigenvalue weighted by Crippen LogP contribution is -2.74. The minimum Gasteiger partial charge on any atom is -0.340 e. The summed E-state index contributed by atoms with van der Waals surface area (Å²) >= 11 is 0. The zero-order chi connectivity index (χ0) is 17.2. The van der Waals surface area contributed by atoms with Crippen LogP contribution in [0.2, 0.25) is 0 Å². The predicted octanol–water partition coefficient (Wildman–Crippen LogP) is 2.24. The van der Waals surface area contributed by atoms with Gasteiger partial charge in [0.15, 0.2) is 0 Å². The van der Waals surface area contributed by atoms with Crippen LogP contribution in [0.1, 0.15) is 25.0 Å². The number of piperazine rings is 1. The van der Waals surface area contributed by atoms with Crippen molar-refractivity contribution >= 4 is 11.8 Å². The molecular weight excluding hydrogens is 300 g/mol. The molecule has 3 rings (SSSR count). The van der Waals surface area contributed by atoms with Gasteiger partial charge in [0, 0.05) is 12.8 Å². The van der Waals surface area contributed by atoms with Crippen LogP contribution in [-0.2, 0) is 22.4 Å². The SMILES string of the molecule is CC1(Cc2ccccc2)NC(=O)C(C)(Cc2ccccc2)NC1=O. The number of carbonyl (C=O) groups excluding carboxylic acids is 2. The van der Waals surface area contributed by atoms with E-state index in [1.165, 1.54) is 0 Å². The van der Waals surface area contributed by atoms with E-state index < -0.39 is 11.1 Å². The second-order valence-electron chi connectivity index (χ2n) is 6.90. The van der Waals surface area contributed by atoms with Crippen LogP contribution in [0.4, 0.5) is 0 Å². The van der Waals surface area contributed by atoms with Gasteiger partial charge in [-0.2, -0.15) is 0 Å². The Morgan fingerprint density at radius 3 is 1.33 bits per heavy atom. The zero-order valence-electron chi connectivity index (χ0n) is 14.0. The molecule has 0 aliphatic carbocycles. The molecule has 0 radical (unpaired) electrons. The second kappa shape index (κ2) is 6.11. The molecule has 1 aliphatic rings. The third-order valence-corrected chi connectivity index (χ3v) is 4.58. The average Bonchev–Trinajstić information content (AvgIpc) is 2.55. The third-order valence-electron chi connectivity index (χ3n) is 4.58.